The minimum absolute atomic E-state index is 0.121. The van der Waals surface area contributed by atoms with Crippen molar-refractivity contribution in [3.8, 4) is 0 Å². The number of amides is 3. The van der Waals surface area contributed by atoms with Crippen molar-refractivity contribution in [2.75, 3.05) is 13.1 Å². The molecule has 0 bridgehead atoms. The second-order valence-corrected chi connectivity index (χ2v) is 10.7. The SMILES string of the molecule is Cc1ccc(/C=C2\SC(=O)N(CCNC(=O)c3sc4nc(C5CC5)nc(C)c4c3C)C2=O)cc1. The maximum absolute atomic E-state index is 12.9. The smallest absolute Gasteiger partial charge is 0.293 e. The van der Waals surface area contributed by atoms with Gasteiger partial charge in [-0.2, -0.15) is 0 Å². The Morgan fingerprint density at radius 3 is 2.59 bits per heavy atom. The largest absolute Gasteiger partial charge is 0.350 e. The van der Waals surface area contributed by atoms with Gasteiger partial charge in [0.2, 0.25) is 0 Å². The van der Waals surface area contributed by atoms with Crippen LogP contribution < -0.4 is 5.32 Å². The number of aryl methyl sites for hydroxylation is 3. The highest BCUT2D eigenvalue weighted by molar-refractivity contribution is 8.18. The minimum Gasteiger partial charge on any atom is -0.350 e. The van der Waals surface area contributed by atoms with Crippen molar-refractivity contribution < 1.29 is 14.4 Å². The van der Waals surface area contributed by atoms with E-state index >= 15 is 0 Å². The summed E-state index contributed by atoms with van der Waals surface area (Å²) in [7, 11) is 0. The number of benzene rings is 1. The number of hydrogen-bond acceptors (Lipinski definition) is 7. The molecule has 1 aliphatic carbocycles. The first-order chi connectivity index (χ1) is 16.3. The number of nitrogens with zero attached hydrogens (tertiary/aromatic N) is 3. The Labute approximate surface area is 205 Å². The Morgan fingerprint density at radius 1 is 1.15 bits per heavy atom. The van der Waals surface area contributed by atoms with Crippen molar-refractivity contribution in [3.63, 3.8) is 0 Å². The van der Waals surface area contributed by atoms with Crippen LogP contribution in [0.25, 0.3) is 16.3 Å². The summed E-state index contributed by atoms with van der Waals surface area (Å²) in [6, 6.07) is 7.75. The molecule has 7 nitrogen and oxygen atoms in total. The predicted molar refractivity (Wildman–Crippen MR) is 135 cm³/mol. The van der Waals surface area contributed by atoms with Gasteiger partial charge in [0.25, 0.3) is 17.1 Å². The summed E-state index contributed by atoms with van der Waals surface area (Å²) in [6.45, 7) is 6.16. The van der Waals surface area contributed by atoms with Gasteiger partial charge in [-0.05, 0) is 62.6 Å². The average molecular weight is 493 g/mol. The fourth-order valence-corrected chi connectivity index (χ4v) is 5.99. The standard InChI is InChI=1S/C25H24N4O3S2/c1-13-4-6-16(7-5-13)12-18-24(31)29(25(32)33-18)11-10-26-22(30)20-14(2)19-15(3)27-21(17-8-9-17)28-23(19)34-20/h4-7,12,17H,8-11H2,1-3H3,(H,26,30)/b18-12-. The molecule has 9 heteroatoms. The van der Waals surface area contributed by atoms with E-state index in [2.05, 4.69) is 10.3 Å². The molecule has 5 rings (SSSR count). The second-order valence-electron chi connectivity index (χ2n) is 8.68. The van der Waals surface area contributed by atoms with Crippen LogP contribution in [-0.4, -0.2) is 45.0 Å². The Kier molecular flexibility index (Phi) is 5.99. The zero-order chi connectivity index (χ0) is 24.0. The van der Waals surface area contributed by atoms with Crippen LogP contribution in [0.15, 0.2) is 29.2 Å². The van der Waals surface area contributed by atoms with Crippen molar-refractivity contribution >= 4 is 56.4 Å². The number of carbonyl (C=O) groups excluding carboxylic acids is 3. The van der Waals surface area contributed by atoms with Gasteiger partial charge in [0.1, 0.15) is 10.7 Å². The zero-order valence-electron chi connectivity index (χ0n) is 19.2. The summed E-state index contributed by atoms with van der Waals surface area (Å²) in [6.07, 6.45) is 3.97. The van der Waals surface area contributed by atoms with Crippen molar-refractivity contribution in [2.24, 2.45) is 0 Å². The lowest BCUT2D eigenvalue weighted by Gasteiger charge is -2.12. The molecule has 1 aromatic carbocycles. The van der Waals surface area contributed by atoms with Gasteiger partial charge >= 0.3 is 0 Å². The summed E-state index contributed by atoms with van der Waals surface area (Å²) in [5, 5.41) is 3.47. The molecule has 2 fully saturated rings. The first-order valence-corrected chi connectivity index (χ1v) is 12.8. The second kappa shape index (κ2) is 8.96. The van der Waals surface area contributed by atoms with Crippen molar-refractivity contribution in [3.05, 3.63) is 62.3 Å². The van der Waals surface area contributed by atoms with Crippen LogP contribution in [0.4, 0.5) is 4.79 Å². The molecule has 2 aromatic heterocycles. The number of nitrogens with one attached hydrogen (secondary N) is 1. The fourth-order valence-electron chi connectivity index (χ4n) is 3.97. The van der Waals surface area contributed by atoms with Gasteiger partial charge in [0.05, 0.1) is 15.5 Å². The topological polar surface area (TPSA) is 92.3 Å². The first kappa shape index (κ1) is 22.7. The number of rotatable bonds is 6. The van der Waals surface area contributed by atoms with E-state index in [0.29, 0.717) is 15.7 Å². The molecule has 174 valence electrons. The predicted octanol–water partition coefficient (Wildman–Crippen LogP) is 4.96. The molecule has 1 saturated carbocycles. The lowest BCUT2D eigenvalue weighted by atomic mass is 10.1. The van der Waals surface area contributed by atoms with Gasteiger partial charge < -0.3 is 5.32 Å². The third kappa shape index (κ3) is 4.37. The highest BCUT2D eigenvalue weighted by Gasteiger charge is 2.35. The number of carbonyl (C=O) groups is 3. The van der Waals surface area contributed by atoms with Crippen LogP contribution in [0, 0.1) is 20.8 Å². The molecular formula is C25H24N4O3S2. The van der Waals surface area contributed by atoms with Crippen LogP contribution in [-0.2, 0) is 4.79 Å². The Bertz CT molecular complexity index is 1360. The number of thioether (sulfide) groups is 1. The van der Waals surface area contributed by atoms with Crippen LogP contribution in [0.2, 0.25) is 0 Å². The first-order valence-electron chi connectivity index (χ1n) is 11.2. The lowest BCUT2D eigenvalue weighted by molar-refractivity contribution is -0.122. The molecular weight excluding hydrogens is 468 g/mol. The fraction of sp³-hybridized carbons (Fsp3) is 0.320. The number of thiophene rings is 1. The van der Waals surface area contributed by atoms with Gasteiger partial charge in [0.15, 0.2) is 0 Å². The summed E-state index contributed by atoms with van der Waals surface area (Å²) >= 11 is 2.29. The van der Waals surface area contributed by atoms with E-state index in [-0.39, 0.29) is 30.1 Å². The molecule has 0 atom stereocenters. The summed E-state index contributed by atoms with van der Waals surface area (Å²) < 4.78 is 0. The van der Waals surface area contributed by atoms with Gasteiger partial charge in [0, 0.05) is 24.4 Å². The van der Waals surface area contributed by atoms with Gasteiger partial charge in [-0.3, -0.25) is 19.3 Å². The van der Waals surface area contributed by atoms with Crippen LogP contribution in [0.5, 0.6) is 0 Å². The van der Waals surface area contributed by atoms with Crippen LogP contribution in [0.1, 0.15) is 56.6 Å². The normalized spacial score (nSPS) is 17.3. The van der Waals surface area contributed by atoms with Crippen molar-refractivity contribution in [2.45, 2.75) is 39.5 Å². The third-order valence-electron chi connectivity index (χ3n) is 6.01. The molecule has 0 unspecified atom stereocenters. The lowest BCUT2D eigenvalue weighted by Crippen LogP contribution is -2.37. The Hall–Kier alpha value is -3.04. The molecule has 1 N–H and O–H groups in total. The summed E-state index contributed by atoms with van der Waals surface area (Å²) in [5.41, 5.74) is 3.76. The van der Waals surface area contributed by atoms with Gasteiger partial charge in [-0.15, -0.1) is 11.3 Å². The summed E-state index contributed by atoms with van der Waals surface area (Å²) in [4.78, 5) is 50.3. The Morgan fingerprint density at radius 2 is 1.88 bits per heavy atom. The molecule has 0 radical (unpaired) electrons. The van der Waals surface area contributed by atoms with E-state index in [1.165, 1.54) is 16.2 Å². The molecule has 3 aromatic rings. The third-order valence-corrected chi connectivity index (χ3v) is 8.10. The maximum Gasteiger partial charge on any atom is 0.293 e. The minimum atomic E-state index is -0.332. The quantitative estimate of drug-likeness (QED) is 0.489. The number of hydrogen-bond donors (Lipinski definition) is 1. The molecule has 1 aliphatic heterocycles. The van der Waals surface area contributed by atoms with Crippen molar-refractivity contribution in [1.29, 1.82) is 0 Å². The molecule has 2 aliphatic rings. The summed E-state index contributed by atoms with van der Waals surface area (Å²) in [5.74, 6) is 0.758. The Balaban J connectivity index is 1.24. The number of fused-ring (bicyclic) bond motifs is 1. The van der Waals surface area contributed by atoms with E-state index < -0.39 is 0 Å². The molecule has 1 saturated heterocycles. The monoisotopic (exact) mass is 492 g/mol. The van der Waals surface area contributed by atoms with E-state index in [9.17, 15) is 14.4 Å². The molecule has 0 spiro atoms. The van der Waals surface area contributed by atoms with Crippen LogP contribution >= 0.6 is 23.1 Å². The van der Waals surface area contributed by atoms with E-state index in [1.54, 1.807) is 6.08 Å². The maximum atomic E-state index is 12.9. The zero-order valence-corrected chi connectivity index (χ0v) is 20.8. The molecule has 34 heavy (non-hydrogen) atoms. The van der Waals surface area contributed by atoms with E-state index in [4.69, 9.17) is 4.98 Å². The molecule has 3 heterocycles. The highest BCUT2D eigenvalue weighted by atomic mass is 32.2. The van der Waals surface area contributed by atoms with E-state index in [1.807, 2.05) is 45.0 Å². The van der Waals surface area contributed by atoms with Gasteiger partial charge in [-0.25, -0.2) is 9.97 Å². The molecule has 3 amide bonds. The van der Waals surface area contributed by atoms with E-state index in [0.717, 1.165) is 63.0 Å². The van der Waals surface area contributed by atoms with Gasteiger partial charge in [-0.1, -0.05) is 29.8 Å². The highest BCUT2D eigenvalue weighted by Crippen LogP contribution is 2.40. The number of aromatic nitrogens is 2. The number of imide groups is 1. The van der Waals surface area contributed by atoms with Crippen LogP contribution in [0.3, 0.4) is 0 Å². The average Bonchev–Trinajstić information content (AvgIpc) is 3.55. The van der Waals surface area contributed by atoms with Crippen molar-refractivity contribution in [1.82, 2.24) is 20.2 Å².